The number of aryl methyl sites for hydroxylation is 1. The van der Waals surface area contributed by atoms with Crippen molar-refractivity contribution in [1.29, 1.82) is 0 Å². The van der Waals surface area contributed by atoms with Crippen LogP contribution in [0.15, 0.2) is 4.52 Å². The Bertz CT molecular complexity index is 469. The summed E-state index contributed by atoms with van der Waals surface area (Å²) in [7, 11) is 0. The normalized spacial score (nSPS) is 17.1. The Balaban J connectivity index is 1.88. The lowest BCUT2D eigenvalue weighted by atomic mass is 9.84. The van der Waals surface area contributed by atoms with Crippen molar-refractivity contribution in [3.05, 3.63) is 11.7 Å². The zero-order valence-corrected chi connectivity index (χ0v) is 14.1. The molecule has 6 nitrogen and oxygen atoms in total. The zero-order chi connectivity index (χ0) is 16.5. The van der Waals surface area contributed by atoms with Crippen LogP contribution in [0.3, 0.4) is 0 Å². The first kappa shape index (κ1) is 17.9. The third-order valence-corrected chi connectivity index (χ3v) is 4.75. The molecular weight excluding hydrogens is 294 g/mol. The molecule has 0 spiro atoms. The molecule has 0 bridgehead atoms. The highest BCUT2D eigenvalue weighted by Gasteiger charge is 2.23. The average Bonchev–Trinajstić information content (AvgIpc) is 3.03. The first-order chi connectivity index (χ1) is 11.2. The highest BCUT2D eigenvalue weighted by molar-refractivity contribution is 5.75. The minimum atomic E-state index is -0.400. The number of nitrogens with zero attached hydrogens (tertiary/aromatic N) is 2. The molecule has 0 aromatic carbocycles. The van der Waals surface area contributed by atoms with E-state index in [0.29, 0.717) is 11.7 Å². The molecule has 1 aliphatic carbocycles. The van der Waals surface area contributed by atoms with E-state index >= 15 is 0 Å². The van der Waals surface area contributed by atoms with Crippen LogP contribution >= 0.6 is 0 Å². The summed E-state index contributed by atoms with van der Waals surface area (Å²) in [5.41, 5.74) is 1.71. The number of nitrogens with one attached hydrogen (secondary N) is 1. The second kappa shape index (κ2) is 9.65. The van der Waals surface area contributed by atoms with Crippen LogP contribution in [-0.4, -0.2) is 21.3 Å². The Morgan fingerprint density at radius 2 is 2.17 bits per heavy atom. The second-order valence-corrected chi connectivity index (χ2v) is 6.67. The molecule has 1 atom stereocenters. The van der Waals surface area contributed by atoms with Gasteiger partial charge in [0.25, 0.3) is 0 Å². The summed E-state index contributed by atoms with van der Waals surface area (Å²) in [6.45, 7) is 2.07. The van der Waals surface area contributed by atoms with Crippen LogP contribution in [0.5, 0.6) is 0 Å². The van der Waals surface area contributed by atoms with Crippen molar-refractivity contribution in [3.8, 4) is 0 Å². The molecule has 0 aliphatic heterocycles. The van der Waals surface area contributed by atoms with Gasteiger partial charge in [0, 0.05) is 18.8 Å². The summed E-state index contributed by atoms with van der Waals surface area (Å²) < 4.78 is 5.34. The summed E-state index contributed by atoms with van der Waals surface area (Å²) in [5, 5.41) is 12.8. The van der Waals surface area contributed by atoms with Gasteiger partial charge in [0.2, 0.25) is 11.8 Å². The van der Waals surface area contributed by atoms with Gasteiger partial charge >= 0.3 is 0 Å². The van der Waals surface area contributed by atoms with Gasteiger partial charge in [-0.15, -0.1) is 0 Å². The summed E-state index contributed by atoms with van der Waals surface area (Å²) in [6.07, 6.45) is 11.8. The highest BCUT2D eigenvalue weighted by Crippen LogP contribution is 2.31. The van der Waals surface area contributed by atoms with Crippen LogP contribution in [0.2, 0.25) is 0 Å². The largest absolute Gasteiger partial charge is 0.339 e. The quantitative estimate of drug-likeness (QED) is 0.533. The summed E-state index contributed by atoms with van der Waals surface area (Å²) >= 11 is 0. The molecule has 1 heterocycles. The van der Waals surface area contributed by atoms with Gasteiger partial charge in [0.1, 0.15) is 0 Å². The summed E-state index contributed by atoms with van der Waals surface area (Å²) in [6, 6.07) is 0. The van der Waals surface area contributed by atoms with E-state index in [0.717, 1.165) is 31.6 Å². The first-order valence-corrected chi connectivity index (χ1v) is 8.98. The van der Waals surface area contributed by atoms with Crippen molar-refractivity contribution in [1.82, 2.24) is 15.6 Å². The average molecular weight is 323 g/mol. The fraction of sp³-hybridized carbons (Fsp3) is 0.824. The number of hydroxylamine groups is 1. The first-order valence-electron chi connectivity index (χ1n) is 8.98. The molecule has 1 aromatic rings. The van der Waals surface area contributed by atoms with Gasteiger partial charge < -0.3 is 4.52 Å². The SMILES string of the molecule is CCCc1noc(C(CCCC2CCCCC2)CC(=O)NO)n1. The molecule has 0 radical (unpaired) electrons. The van der Waals surface area contributed by atoms with E-state index in [9.17, 15) is 4.79 Å². The van der Waals surface area contributed by atoms with Gasteiger partial charge in [-0.05, 0) is 18.8 Å². The van der Waals surface area contributed by atoms with Gasteiger partial charge in [-0.3, -0.25) is 10.0 Å². The molecule has 1 aliphatic rings. The molecule has 1 aromatic heterocycles. The van der Waals surface area contributed by atoms with Crippen molar-refractivity contribution >= 4 is 5.91 Å². The molecule has 2 rings (SSSR count). The lowest BCUT2D eigenvalue weighted by Gasteiger charge is -2.22. The van der Waals surface area contributed by atoms with Gasteiger partial charge in [-0.2, -0.15) is 4.98 Å². The van der Waals surface area contributed by atoms with E-state index in [1.54, 1.807) is 5.48 Å². The Hall–Kier alpha value is -1.43. The van der Waals surface area contributed by atoms with E-state index in [1.165, 1.54) is 38.5 Å². The van der Waals surface area contributed by atoms with Crippen molar-refractivity contribution in [2.45, 2.75) is 83.5 Å². The Kier molecular flexibility index (Phi) is 7.52. The molecule has 23 heavy (non-hydrogen) atoms. The molecule has 0 saturated heterocycles. The fourth-order valence-corrected chi connectivity index (χ4v) is 3.47. The van der Waals surface area contributed by atoms with E-state index in [4.69, 9.17) is 9.73 Å². The maximum absolute atomic E-state index is 11.5. The molecule has 6 heteroatoms. The van der Waals surface area contributed by atoms with E-state index < -0.39 is 5.91 Å². The molecule has 1 amide bonds. The van der Waals surface area contributed by atoms with E-state index in [2.05, 4.69) is 17.1 Å². The van der Waals surface area contributed by atoms with Crippen molar-refractivity contribution in [2.75, 3.05) is 0 Å². The third-order valence-electron chi connectivity index (χ3n) is 4.75. The van der Waals surface area contributed by atoms with E-state index in [1.807, 2.05) is 0 Å². The zero-order valence-electron chi connectivity index (χ0n) is 14.1. The predicted octanol–water partition coefficient (Wildman–Crippen LogP) is 3.75. The molecule has 130 valence electrons. The minimum absolute atomic E-state index is 0.108. The van der Waals surface area contributed by atoms with Crippen LogP contribution in [0.1, 0.15) is 88.8 Å². The fourth-order valence-electron chi connectivity index (χ4n) is 3.47. The van der Waals surface area contributed by atoms with Gasteiger partial charge in [0.05, 0.1) is 0 Å². The highest BCUT2D eigenvalue weighted by atomic mass is 16.5. The van der Waals surface area contributed by atoms with Gasteiger partial charge in [-0.1, -0.05) is 57.0 Å². The molecular formula is C17H29N3O3. The van der Waals surface area contributed by atoms with Crippen LogP contribution in [0.25, 0.3) is 0 Å². The molecule has 1 saturated carbocycles. The number of rotatable bonds is 9. The monoisotopic (exact) mass is 323 g/mol. The Morgan fingerprint density at radius 3 is 2.87 bits per heavy atom. The second-order valence-electron chi connectivity index (χ2n) is 6.67. The predicted molar refractivity (Wildman–Crippen MR) is 86.0 cm³/mol. The Labute approximate surface area is 138 Å². The number of amides is 1. The van der Waals surface area contributed by atoms with Crippen molar-refractivity contribution < 1.29 is 14.5 Å². The molecule has 1 unspecified atom stereocenters. The molecule has 1 fully saturated rings. The standard InChI is InChI=1S/C17H29N3O3/c1-2-7-15-18-17(23-20-15)14(12-16(21)19-22)11-6-10-13-8-4-3-5-9-13/h13-14,22H,2-12H2,1H3,(H,19,21). The topological polar surface area (TPSA) is 88.2 Å². The maximum Gasteiger partial charge on any atom is 0.244 e. The van der Waals surface area contributed by atoms with Crippen LogP contribution in [0, 0.1) is 5.92 Å². The number of carbonyl (C=O) groups excluding carboxylic acids is 1. The number of hydrogen-bond donors (Lipinski definition) is 2. The summed E-state index contributed by atoms with van der Waals surface area (Å²) in [4.78, 5) is 16.0. The van der Waals surface area contributed by atoms with E-state index in [-0.39, 0.29) is 12.3 Å². The van der Waals surface area contributed by atoms with Crippen molar-refractivity contribution in [3.63, 3.8) is 0 Å². The number of hydrogen-bond acceptors (Lipinski definition) is 5. The summed E-state index contributed by atoms with van der Waals surface area (Å²) in [5.74, 6) is 1.55. The van der Waals surface area contributed by atoms with Crippen LogP contribution in [0.4, 0.5) is 0 Å². The molecule has 2 N–H and O–H groups in total. The lowest BCUT2D eigenvalue weighted by molar-refractivity contribution is -0.129. The Morgan fingerprint density at radius 1 is 1.39 bits per heavy atom. The maximum atomic E-state index is 11.5. The number of aromatic nitrogens is 2. The lowest BCUT2D eigenvalue weighted by Crippen LogP contribution is -2.21. The smallest absolute Gasteiger partial charge is 0.244 e. The third kappa shape index (κ3) is 5.94. The van der Waals surface area contributed by atoms with Gasteiger partial charge in [-0.25, -0.2) is 5.48 Å². The number of carbonyl (C=O) groups is 1. The van der Waals surface area contributed by atoms with Crippen molar-refractivity contribution in [2.24, 2.45) is 5.92 Å². The van der Waals surface area contributed by atoms with Crippen LogP contribution < -0.4 is 5.48 Å². The minimum Gasteiger partial charge on any atom is -0.339 e. The van der Waals surface area contributed by atoms with Gasteiger partial charge in [0.15, 0.2) is 5.82 Å². The van der Waals surface area contributed by atoms with Crippen LogP contribution in [-0.2, 0) is 11.2 Å².